The Morgan fingerprint density at radius 3 is 1.33 bits per heavy atom. The molecule has 244 valence electrons. The summed E-state index contributed by atoms with van der Waals surface area (Å²) in [5.74, 6) is 0. The molecule has 0 heterocycles. The molecule has 0 aromatic heterocycles. The van der Waals surface area contributed by atoms with Crippen molar-refractivity contribution >= 4 is 12.2 Å². The molecule has 0 aromatic rings. The van der Waals surface area contributed by atoms with Crippen molar-refractivity contribution in [3.05, 3.63) is 0 Å². The quantitative estimate of drug-likeness (QED) is 0.0575. The first-order valence-electron chi connectivity index (χ1n) is 18.3. The molecule has 1 fully saturated rings. The average molecular weight is 587 g/mol. The van der Waals surface area contributed by atoms with Crippen LogP contribution in [0.15, 0.2) is 9.98 Å². The molecule has 0 amide bonds. The van der Waals surface area contributed by atoms with E-state index < -0.39 is 5.54 Å². The maximum absolute atomic E-state index is 12.4. The molecule has 4 heteroatoms. The molecule has 0 aliphatic heterocycles. The molecule has 42 heavy (non-hydrogen) atoms. The van der Waals surface area contributed by atoms with Crippen molar-refractivity contribution < 1.29 is 9.59 Å². The van der Waals surface area contributed by atoms with Crippen molar-refractivity contribution in [3.8, 4) is 0 Å². The third-order valence-electron chi connectivity index (χ3n) is 10.8. The predicted molar refractivity (Wildman–Crippen MR) is 181 cm³/mol. The van der Waals surface area contributed by atoms with Gasteiger partial charge in [0, 0.05) is 5.41 Å². The van der Waals surface area contributed by atoms with Gasteiger partial charge in [0.1, 0.15) is 0 Å². The summed E-state index contributed by atoms with van der Waals surface area (Å²) in [5, 5.41) is 0. The highest BCUT2D eigenvalue weighted by Crippen LogP contribution is 2.67. The van der Waals surface area contributed by atoms with E-state index in [1.807, 2.05) is 6.08 Å². The minimum atomic E-state index is -0.446. The third-order valence-corrected chi connectivity index (χ3v) is 10.8. The van der Waals surface area contributed by atoms with E-state index in [0.717, 1.165) is 51.4 Å². The molecule has 2 unspecified atom stereocenters. The average Bonchev–Trinajstić information content (AvgIpc) is 2.94. The van der Waals surface area contributed by atoms with Gasteiger partial charge < -0.3 is 0 Å². The van der Waals surface area contributed by atoms with Gasteiger partial charge in [-0.05, 0) is 42.9 Å². The Kier molecular flexibility index (Phi) is 19.8. The van der Waals surface area contributed by atoms with Crippen molar-refractivity contribution in [2.75, 3.05) is 6.54 Å². The Morgan fingerprint density at radius 2 is 0.929 bits per heavy atom. The zero-order chi connectivity index (χ0) is 31.2. The molecule has 0 spiro atoms. The zero-order valence-corrected chi connectivity index (χ0v) is 29.1. The van der Waals surface area contributed by atoms with Crippen LogP contribution in [-0.2, 0) is 9.59 Å². The first-order valence-corrected chi connectivity index (χ1v) is 18.3. The molecule has 0 N–H and O–H groups in total. The maximum Gasteiger partial charge on any atom is 0.235 e. The van der Waals surface area contributed by atoms with Crippen LogP contribution < -0.4 is 0 Å². The second kappa shape index (κ2) is 21.5. The van der Waals surface area contributed by atoms with E-state index in [2.05, 4.69) is 52.6 Å². The van der Waals surface area contributed by atoms with Gasteiger partial charge in [0.05, 0.1) is 12.1 Å². The molecule has 0 aromatic carbocycles. The number of rotatable bonds is 26. The molecule has 0 radical (unpaired) electrons. The summed E-state index contributed by atoms with van der Waals surface area (Å²) in [4.78, 5) is 33.1. The van der Waals surface area contributed by atoms with Gasteiger partial charge in [0.2, 0.25) is 12.2 Å². The van der Waals surface area contributed by atoms with Crippen LogP contribution >= 0.6 is 0 Å². The summed E-state index contributed by atoms with van der Waals surface area (Å²) in [5.41, 5.74) is -0.804. The predicted octanol–water partition coefficient (Wildman–Crippen LogP) is 12.2. The Morgan fingerprint density at radius 1 is 0.524 bits per heavy atom. The molecule has 0 saturated heterocycles. The third kappa shape index (κ3) is 12.4. The lowest BCUT2D eigenvalue weighted by atomic mass is 9.41. The molecule has 4 nitrogen and oxygen atoms in total. The van der Waals surface area contributed by atoms with Gasteiger partial charge in [-0.1, -0.05) is 170 Å². The second-order valence-corrected chi connectivity index (χ2v) is 15.1. The molecule has 1 aliphatic rings. The molecule has 0 bridgehead atoms. The van der Waals surface area contributed by atoms with E-state index in [1.165, 1.54) is 109 Å². The molecular formula is C38H70N2O2. The Balaban J connectivity index is 3.41. The fourth-order valence-corrected chi connectivity index (χ4v) is 9.00. The molecule has 1 rings (SSSR count). The van der Waals surface area contributed by atoms with Gasteiger partial charge in [-0.2, -0.15) is 4.99 Å². The van der Waals surface area contributed by atoms with Gasteiger partial charge in [-0.25, -0.2) is 14.6 Å². The van der Waals surface area contributed by atoms with Crippen molar-refractivity contribution in [1.82, 2.24) is 0 Å². The summed E-state index contributed by atoms with van der Waals surface area (Å²) in [7, 11) is 0. The van der Waals surface area contributed by atoms with Crippen LogP contribution in [0.2, 0.25) is 0 Å². The number of hydrogen-bond acceptors (Lipinski definition) is 4. The van der Waals surface area contributed by atoms with Crippen molar-refractivity contribution in [2.24, 2.45) is 26.2 Å². The van der Waals surface area contributed by atoms with Crippen LogP contribution in [0.5, 0.6) is 0 Å². The Bertz CT molecular complexity index is 779. The monoisotopic (exact) mass is 587 g/mol. The first kappa shape index (κ1) is 38.8. The van der Waals surface area contributed by atoms with Gasteiger partial charge in [-0.15, -0.1) is 0 Å². The number of unbranched alkanes of at least 4 members (excludes halogenated alkanes) is 17. The van der Waals surface area contributed by atoms with Crippen LogP contribution in [-0.4, -0.2) is 24.2 Å². The summed E-state index contributed by atoms with van der Waals surface area (Å²) < 4.78 is 0. The van der Waals surface area contributed by atoms with Crippen molar-refractivity contribution in [3.63, 3.8) is 0 Å². The largest absolute Gasteiger partial charge is 0.235 e. The van der Waals surface area contributed by atoms with Crippen LogP contribution in [0, 0.1) is 16.2 Å². The van der Waals surface area contributed by atoms with E-state index in [9.17, 15) is 9.59 Å². The molecule has 1 aliphatic carbocycles. The van der Waals surface area contributed by atoms with Gasteiger partial charge in [-0.3, -0.25) is 0 Å². The van der Waals surface area contributed by atoms with Crippen molar-refractivity contribution in [1.29, 1.82) is 0 Å². The minimum absolute atomic E-state index is 0.0133. The smallest absolute Gasteiger partial charge is 0.211 e. The SMILES string of the molecule is CCCCCCCCCCC1(N=C=O)CC(C)(C)CC(C)(CN=C=O)C1(CCCCCCCC)CCCCCCCC. The highest BCUT2D eigenvalue weighted by Gasteiger charge is 2.65. The van der Waals surface area contributed by atoms with Crippen LogP contribution in [0.4, 0.5) is 0 Å². The van der Waals surface area contributed by atoms with Gasteiger partial charge >= 0.3 is 0 Å². The van der Waals surface area contributed by atoms with E-state index in [1.54, 1.807) is 0 Å². The lowest BCUT2D eigenvalue weighted by molar-refractivity contribution is -0.127. The number of hydrogen-bond donors (Lipinski definition) is 0. The number of aliphatic imine (C=N–C) groups is 2. The van der Waals surface area contributed by atoms with Crippen LogP contribution in [0.25, 0.3) is 0 Å². The van der Waals surface area contributed by atoms with Crippen LogP contribution in [0.3, 0.4) is 0 Å². The highest BCUT2D eigenvalue weighted by atomic mass is 16.1. The lowest BCUT2D eigenvalue weighted by Gasteiger charge is -2.65. The summed E-state index contributed by atoms with van der Waals surface area (Å²) in [6, 6.07) is 0. The fourth-order valence-electron chi connectivity index (χ4n) is 9.00. The highest BCUT2D eigenvalue weighted by molar-refractivity contribution is 5.38. The van der Waals surface area contributed by atoms with Crippen molar-refractivity contribution in [2.45, 2.75) is 208 Å². The second-order valence-electron chi connectivity index (χ2n) is 15.1. The normalized spacial score (nSPS) is 22.8. The van der Waals surface area contributed by atoms with Gasteiger partial charge in [0.15, 0.2) is 0 Å². The van der Waals surface area contributed by atoms with Gasteiger partial charge in [0.25, 0.3) is 0 Å². The van der Waals surface area contributed by atoms with E-state index in [-0.39, 0.29) is 16.2 Å². The standard InChI is InChI=1S/C38H70N2O2/c1-7-10-13-16-19-20-23-26-29-38(40-34-42)31-35(4,5)30-36(6,32-39-33-41)37(38,27-24-21-17-14-11-8-2)28-25-22-18-15-12-9-3/h7-32H2,1-6H3. The molecule has 1 saturated carbocycles. The Hall–Kier alpha value is -1.24. The zero-order valence-electron chi connectivity index (χ0n) is 29.1. The van der Waals surface area contributed by atoms with E-state index in [0.29, 0.717) is 6.54 Å². The summed E-state index contributed by atoms with van der Waals surface area (Å²) in [6.07, 6.45) is 34.3. The topological polar surface area (TPSA) is 58.9 Å². The van der Waals surface area contributed by atoms with E-state index in [4.69, 9.17) is 4.99 Å². The number of nitrogens with zero attached hydrogens (tertiary/aromatic N) is 2. The fraction of sp³-hybridized carbons (Fsp3) is 0.947. The number of isocyanates is 2. The summed E-state index contributed by atoms with van der Waals surface area (Å²) in [6.45, 7) is 14.4. The molecule has 2 atom stereocenters. The Labute approximate surface area is 261 Å². The van der Waals surface area contributed by atoms with E-state index >= 15 is 0 Å². The maximum atomic E-state index is 12.4. The number of carbonyl (C=O) groups excluding carboxylic acids is 2. The summed E-state index contributed by atoms with van der Waals surface area (Å²) >= 11 is 0. The lowest BCUT2D eigenvalue weighted by Crippen LogP contribution is -2.63. The first-order chi connectivity index (χ1) is 20.2. The molecular weight excluding hydrogens is 516 g/mol. The minimum Gasteiger partial charge on any atom is -0.211 e. The van der Waals surface area contributed by atoms with Crippen LogP contribution in [0.1, 0.15) is 202 Å².